The molecule has 0 aliphatic carbocycles. The fraction of sp³-hybridized carbons (Fsp3) is 0.409. The molecule has 0 aliphatic heterocycles. The molecular weight excluding hydrogens is 386 g/mol. The summed E-state index contributed by atoms with van der Waals surface area (Å²) in [4.78, 5) is 12.4. The molecule has 0 aliphatic rings. The van der Waals surface area contributed by atoms with Crippen molar-refractivity contribution < 1.29 is 18.5 Å². The standard InChI is InChI=1S/C22H31N3O3S/c1-15(2)13-17-5-7-18(8-6-17)22(16(3)4)24-14-21(26)25-19-9-11-20(12-10-19)29(23,27)28/h5-12,15-16,22,24H,13-14H2,1-4H3,(H,25,26)(H2,23,27,28)/p+1/t22-/m1/s1. The topological polar surface area (TPSA) is 106 Å². The number of primary sulfonamides is 1. The summed E-state index contributed by atoms with van der Waals surface area (Å²) in [6.07, 6.45) is 1.06. The second-order valence-electron chi connectivity index (χ2n) is 8.17. The van der Waals surface area contributed by atoms with Gasteiger partial charge in [0.05, 0.1) is 4.90 Å². The van der Waals surface area contributed by atoms with Crippen LogP contribution in [0.2, 0.25) is 0 Å². The number of carbonyl (C=O) groups excluding carboxylic acids is 1. The molecule has 0 spiro atoms. The third kappa shape index (κ3) is 7.27. The third-order valence-electron chi connectivity index (χ3n) is 4.75. The van der Waals surface area contributed by atoms with E-state index in [9.17, 15) is 13.2 Å². The molecule has 0 saturated carbocycles. The summed E-state index contributed by atoms with van der Waals surface area (Å²) in [6.45, 7) is 8.98. The predicted molar refractivity (Wildman–Crippen MR) is 116 cm³/mol. The number of rotatable bonds is 9. The summed E-state index contributed by atoms with van der Waals surface area (Å²) in [6, 6.07) is 14.7. The van der Waals surface area contributed by atoms with Crippen LogP contribution in [-0.2, 0) is 21.2 Å². The Morgan fingerprint density at radius 2 is 1.59 bits per heavy atom. The maximum atomic E-state index is 12.3. The lowest BCUT2D eigenvalue weighted by Gasteiger charge is -2.20. The number of benzene rings is 2. The fourth-order valence-electron chi connectivity index (χ4n) is 3.31. The fourth-order valence-corrected chi connectivity index (χ4v) is 3.83. The monoisotopic (exact) mass is 418 g/mol. The van der Waals surface area contributed by atoms with E-state index in [1.165, 1.54) is 35.4 Å². The van der Waals surface area contributed by atoms with E-state index in [2.05, 4.69) is 57.3 Å². The molecule has 0 aromatic heterocycles. The number of quaternary nitrogens is 1. The van der Waals surface area contributed by atoms with Gasteiger partial charge in [0.15, 0.2) is 6.54 Å². The number of sulfonamides is 1. The van der Waals surface area contributed by atoms with Crippen LogP contribution in [0.25, 0.3) is 0 Å². The van der Waals surface area contributed by atoms with Crippen LogP contribution in [0.5, 0.6) is 0 Å². The van der Waals surface area contributed by atoms with Crippen molar-refractivity contribution in [1.82, 2.24) is 0 Å². The number of hydrogen-bond donors (Lipinski definition) is 3. The van der Waals surface area contributed by atoms with E-state index in [-0.39, 0.29) is 23.4 Å². The number of carbonyl (C=O) groups is 1. The second kappa shape index (κ2) is 10.0. The predicted octanol–water partition coefficient (Wildman–Crippen LogP) is 2.43. The normalized spacial score (nSPS) is 12.9. The minimum atomic E-state index is -3.74. The van der Waals surface area contributed by atoms with Crippen molar-refractivity contribution in [2.45, 2.75) is 45.1 Å². The van der Waals surface area contributed by atoms with E-state index in [0.717, 1.165) is 6.42 Å². The first-order chi connectivity index (χ1) is 13.6. The zero-order valence-corrected chi connectivity index (χ0v) is 18.4. The Labute approximate surface area is 173 Å². The van der Waals surface area contributed by atoms with Gasteiger partial charge in [0.25, 0.3) is 5.91 Å². The van der Waals surface area contributed by atoms with Gasteiger partial charge in [-0.05, 0) is 42.2 Å². The van der Waals surface area contributed by atoms with Gasteiger partial charge in [0.2, 0.25) is 10.0 Å². The lowest BCUT2D eigenvalue weighted by atomic mass is 9.94. The zero-order valence-electron chi connectivity index (χ0n) is 17.6. The first kappa shape index (κ1) is 23.1. The van der Waals surface area contributed by atoms with E-state index < -0.39 is 10.0 Å². The quantitative estimate of drug-likeness (QED) is 0.582. The van der Waals surface area contributed by atoms with E-state index >= 15 is 0 Å². The highest BCUT2D eigenvalue weighted by Crippen LogP contribution is 2.19. The van der Waals surface area contributed by atoms with Crippen molar-refractivity contribution in [3.8, 4) is 0 Å². The smallest absolute Gasteiger partial charge is 0.279 e. The minimum Gasteiger partial charge on any atom is -0.332 e. The molecule has 158 valence electrons. The molecule has 1 amide bonds. The van der Waals surface area contributed by atoms with Crippen molar-refractivity contribution in [3.63, 3.8) is 0 Å². The van der Waals surface area contributed by atoms with Crippen molar-refractivity contribution >= 4 is 21.6 Å². The molecule has 6 nitrogen and oxygen atoms in total. The van der Waals surface area contributed by atoms with Crippen LogP contribution >= 0.6 is 0 Å². The van der Waals surface area contributed by atoms with Crippen LogP contribution in [0.1, 0.15) is 44.9 Å². The van der Waals surface area contributed by atoms with Crippen LogP contribution in [0.3, 0.4) is 0 Å². The molecule has 0 radical (unpaired) electrons. The van der Waals surface area contributed by atoms with Crippen molar-refractivity contribution in [1.29, 1.82) is 0 Å². The van der Waals surface area contributed by atoms with Gasteiger partial charge >= 0.3 is 0 Å². The largest absolute Gasteiger partial charge is 0.332 e. The first-order valence-electron chi connectivity index (χ1n) is 9.91. The molecule has 2 aromatic rings. The summed E-state index contributed by atoms with van der Waals surface area (Å²) >= 11 is 0. The molecule has 0 saturated heterocycles. The highest BCUT2D eigenvalue weighted by Gasteiger charge is 2.20. The average molecular weight is 419 g/mol. The molecule has 29 heavy (non-hydrogen) atoms. The first-order valence-corrected chi connectivity index (χ1v) is 11.5. The van der Waals surface area contributed by atoms with Gasteiger partial charge in [-0.15, -0.1) is 0 Å². The maximum absolute atomic E-state index is 12.3. The summed E-state index contributed by atoms with van der Waals surface area (Å²) in [5.74, 6) is 0.847. The molecule has 0 bridgehead atoms. The Kier molecular flexibility index (Phi) is 7.96. The van der Waals surface area contributed by atoms with Gasteiger partial charge in [-0.3, -0.25) is 4.79 Å². The Balaban J connectivity index is 1.97. The maximum Gasteiger partial charge on any atom is 0.279 e. The Morgan fingerprint density at radius 1 is 1.00 bits per heavy atom. The third-order valence-corrected chi connectivity index (χ3v) is 5.68. The summed E-state index contributed by atoms with van der Waals surface area (Å²) in [5, 5.41) is 9.91. The molecular formula is C22H32N3O3S+. The van der Waals surface area contributed by atoms with E-state index in [1.54, 1.807) is 0 Å². The van der Waals surface area contributed by atoms with E-state index in [0.29, 0.717) is 17.5 Å². The molecule has 0 fully saturated rings. The minimum absolute atomic E-state index is 0.0165. The Bertz CT molecular complexity index is 905. The van der Waals surface area contributed by atoms with Crippen LogP contribution in [0.4, 0.5) is 5.69 Å². The van der Waals surface area contributed by atoms with Gasteiger partial charge in [0, 0.05) is 17.2 Å². The summed E-state index contributed by atoms with van der Waals surface area (Å²) in [5.41, 5.74) is 3.07. The van der Waals surface area contributed by atoms with Gasteiger partial charge in [-0.1, -0.05) is 52.0 Å². The Hall–Kier alpha value is -2.22. The number of anilines is 1. The van der Waals surface area contributed by atoms with Gasteiger partial charge in [-0.2, -0.15) is 0 Å². The molecule has 0 unspecified atom stereocenters. The van der Waals surface area contributed by atoms with Crippen LogP contribution in [0, 0.1) is 11.8 Å². The van der Waals surface area contributed by atoms with Crippen molar-refractivity contribution in [3.05, 3.63) is 59.7 Å². The summed E-state index contributed by atoms with van der Waals surface area (Å²) < 4.78 is 22.6. The van der Waals surface area contributed by atoms with Crippen molar-refractivity contribution in [2.24, 2.45) is 17.0 Å². The molecule has 1 atom stereocenters. The number of nitrogens with two attached hydrogens (primary N) is 2. The van der Waals surface area contributed by atoms with Gasteiger partial charge < -0.3 is 10.6 Å². The second-order valence-corrected chi connectivity index (χ2v) is 9.73. The molecule has 0 heterocycles. The molecule has 7 heteroatoms. The number of amides is 1. The highest BCUT2D eigenvalue weighted by atomic mass is 32.2. The summed E-state index contributed by atoms with van der Waals surface area (Å²) in [7, 11) is -3.74. The van der Waals surface area contributed by atoms with Gasteiger partial charge in [0.1, 0.15) is 6.04 Å². The van der Waals surface area contributed by atoms with E-state index in [4.69, 9.17) is 5.14 Å². The average Bonchev–Trinajstić information content (AvgIpc) is 2.62. The SMILES string of the molecule is CC(C)Cc1ccc([C@H]([NH2+]CC(=O)Nc2ccc(S(N)(=O)=O)cc2)C(C)C)cc1. The number of nitrogens with one attached hydrogen (secondary N) is 1. The lowest BCUT2D eigenvalue weighted by molar-refractivity contribution is -0.692. The van der Waals surface area contributed by atoms with E-state index in [1.807, 2.05) is 5.32 Å². The van der Waals surface area contributed by atoms with Crippen LogP contribution < -0.4 is 15.8 Å². The van der Waals surface area contributed by atoms with Crippen LogP contribution in [-0.4, -0.2) is 20.9 Å². The highest BCUT2D eigenvalue weighted by molar-refractivity contribution is 7.89. The van der Waals surface area contributed by atoms with Crippen molar-refractivity contribution in [2.75, 3.05) is 11.9 Å². The van der Waals surface area contributed by atoms with Crippen LogP contribution in [0.15, 0.2) is 53.4 Å². The molecule has 2 rings (SSSR count). The zero-order chi connectivity index (χ0) is 21.6. The lowest BCUT2D eigenvalue weighted by Crippen LogP contribution is -2.88. The van der Waals surface area contributed by atoms with Gasteiger partial charge in [-0.25, -0.2) is 13.6 Å². The number of hydrogen-bond acceptors (Lipinski definition) is 3. The molecule has 5 N–H and O–H groups in total. The molecule has 2 aromatic carbocycles. The Morgan fingerprint density at radius 3 is 2.07 bits per heavy atom.